The van der Waals surface area contributed by atoms with Crippen LogP contribution in [0.15, 0.2) is 40.6 Å². The maximum Gasteiger partial charge on any atom is 0.227 e. The third-order valence-electron chi connectivity index (χ3n) is 3.36. The molecule has 2 rings (SSSR count). The van der Waals surface area contributed by atoms with Gasteiger partial charge in [-0.3, -0.25) is 4.79 Å². The minimum Gasteiger partial charge on any atom is -0.326 e. The van der Waals surface area contributed by atoms with Crippen molar-refractivity contribution < 1.29 is 4.79 Å². The Kier molecular flexibility index (Phi) is 5.38. The van der Waals surface area contributed by atoms with E-state index in [0.717, 1.165) is 28.6 Å². The second-order valence-electron chi connectivity index (χ2n) is 4.85. The van der Waals surface area contributed by atoms with Gasteiger partial charge in [0.2, 0.25) is 5.91 Å². The van der Waals surface area contributed by atoms with Crippen molar-refractivity contribution in [2.24, 2.45) is 13.0 Å². The van der Waals surface area contributed by atoms with Crippen molar-refractivity contribution in [2.45, 2.75) is 36.7 Å². The van der Waals surface area contributed by atoms with Crippen LogP contribution >= 0.6 is 11.8 Å². The molecule has 0 atom stereocenters. The Bertz CT molecular complexity index is 590. The quantitative estimate of drug-likeness (QED) is 0.889. The number of rotatable bonds is 6. The number of amides is 1. The second kappa shape index (κ2) is 7.26. The maximum absolute atomic E-state index is 12.0. The smallest absolute Gasteiger partial charge is 0.227 e. The van der Waals surface area contributed by atoms with Crippen LogP contribution in [-0.4, -0.2) is 20.7 Å². The third kappa shape index (κ3) is 4.07. The Hall–Kier alpha value is -1.82. The Morgan fingerprint density at radius 2 is 1.95 bits per heavy atom. The zero-order chi connectivity index (χ0) is 15.2. The van der Waals surface area contributed by atoms with E-state index >= 15 is 0 Å². The number of nitrogens with one attached hydrogen (secondary N) is 1. The Morgan fingerprint density at radius 1 is 1.29 bits per heavy atom. The Morgan fingerprint density at radius 3 is 2.48 bits per heavy atom. The summed E-state index contributed by atoms with van der Waals surface area (Å²) in [5.74, 6) is 0.173. The SMILES string of the molecule is CCC(CC)C(=O)Nc1ccc(Sc2nncn2C)cc1. The molecule has 5 nitrogen and oxygen atoms in total. The van der Waals surface area contributed by atoms with Crippen molar-refractivity contribution >= 4 is 23.4 Å². The van der Waals surface area contributed by atoms with Crippen molar-refractivity contribution in [3.05, 3.63) is 30.6 Å². The first-order valence-corrected chi connectivity index (χ1v) is 7.88. The van der Waals surface area contributed by atoms with E-state index < -0.39 is 0 Å². The molecule has 1 N–H and O–H groups in total. The number of carbonyl (C=O) groups excluding carboxylic acids is 1. The molecule has 0 aliphatic heterocycles. The van der Waals surface area contributed by atoms with Crippen LogP contribution in [0, 0.1) is 5.92 Å². The van der Waals surface area contributed by atoms with Gasteiger partial charge in [-0.1, -0.05) is 13.8 Å². The van der Waals surface area contributed by atoms with Crippen LogP contribution in [0.1, 0.15) is 26.7 Å². The summed E-state index contributed by atoms with van der Waals surface area (Å²) in [4.78, 5) is 13.1. The van der Waals surface area contributed by atoms with Crippen LogP contribution in [0.25, 0.3) is 0 Å². The number of aromatic nitrogens is 3. The number of carbonyl (C=O) groups is 1. The largest absolute Gasteiger partial charge is 0.326 e. The fourth-order valence-corrected chi connectivity index (χ4v) is 2.74. The molecular weight excluding hydrogens is 284 g/mol. The number of anilines is 1. The average molecular weight is 304 g/mol. The number of nitrogens with zero attached hydrogens (tertiary/aromatic N) is 3. The van der Waals surface area contributed by atoms with Crippen LogP contribution < -0.4 is 5.32 Å². The summed E-state index contributed by atoms with van der Waals surface area (Å²) in [6, 6.07) is 7.78. The van der Waals surface area contributed by atoms with Crippen molar-refractivity contribution in [1.29, 1.82) is 0 Å². The zero-order valence-electron chi connectivity index (χ0n) is 12.5. The molecule has 2 aromatic rings. The molecule has 0 aliphatic rings. The molecule has 0 unspecified atom stereocenters. The first kappa shape index (κ1) is 15.6. The van der Waals surface area contributed by atoms with E-state index in [1.54, 1.807) is 18.1 Å². The Balaban J connectivity index is 1.99. The highest BCUT2D eigenvalue weighted by atomic mass is 32.2. The molecule has 0 fully saturated rings. The van der Waals surface area contributed by atoms with Gasteiger partial charge in [0.05, 0.1) is 0 Å². The van der Waals surface area contributed by atoms with E-state index in [4.69, 9.17) is 0 Å². The molecule has 0 saturated heterocycles. The van der Waals surface area contributed by atoms with Gasteiger partial charge in [-0.25, -0.2) is 0 Å². The second-order valence-corrected chi connectivity index (χ2v) is 5.89. The van der Waals surface area contributed by atoms with Gasteiger partial charge in [-0.2, -0.15) is 0 Å². The summed E-state index contributed by atoms with van der Waals surface area (Å²) in [5, 5.41) is 11.7. The number of hydrogen-bond donors (Lipinski definition) is 1. The van der Waals surface area contributed by atoms with Crippen LogP contribution in [0.5, 0.6) is 0 Å². The molecule has 0 radical (unpaired) electrons. The zero-order valence-corrected chi connectivity index (χ0v) is 13.4. The van der Waals surface area contributed by atoms with Crippen molar-refractivity contribution in [3.8, 4) is 0 Å². The standard InChI is InChI=1S/C15H20N4OS/c1-4-11(5-2)14(20)17-12-6-8-13(9-7-12)21-15-18-16-10-19(15)3/h6-11H,4-5H2,1-3H3,(H,17,20). The molecule has 1 amide bonds. The lowest BCUT2D eigenvalue weighted by Gasteiger charge is -2.12. The molecular formula is C15H20N4OS. The number of aryl methyl sites for hydroxylation is 1. The van der Waals surface area contributed by atoms with Gasteiger partial charge in [0.25, 0.3) is 0 Å². The normalized spacial score (nSPS) is 10.9. The van der Waals surface area contributed by atoms with Gasteiger partial charge in [-0.05, 0) is 48.9 Å². The minimum atomic E-state index is 0.0812. The first-order chi connectivity index (χ1) is 10.1. The molecule has 1 aromatic carbocycles. The van der Waals surface area contributed by atoms with Gasteiger partial charge in [0, 0.05) is 23.5 Å². The van der Waals surface area contributed by atoms with Gasteiger partial charge < -0.3 is 9.88 Å². The van der Waals surface area contributed by atoms with Crippen LogP contribution in [0.3, 0.4) is 0 Å². The molecule has 1 aromatic heterocycles. The number of hydrogen-bond acceptors (Lipinski definition) is 4. The summed E-state index contributed by atoms with van der Waals surface area (Å²) in [6.45, 7) is 4.07. The molecule has 6 heteroatoms. The molecule has 112 valence electrons. The summed E-state index contributed by atoms with van der Waals surface area (Å²) in [5.41, 5.74) is 0.828. The summed E-state index contributed by atoms with van der Waals surface area (Å²) in [6.07, 6.45) is 3.40. The van der Waals surface area contributed by atoms with Gasteiger partial charge in [0.1, 0.15) is 6.33 Å². The molecule has 0 aliphatic carbocycles. The van der Waals surface area contributed by atoms with Crippen molar-refractivity contribution in [1.82, 2.24) is 14.8 Å². The summed E-state index contributed by atoms with van der Waals surface area (Å²) in [7, 11) is 1.91. The van der Waals surface area contributed by atoms with E-state index in [1.165, 1.54) is 0 Å². The van der Waals surface area contributed by atoms with E-state index in [9.17, 15) is 4.79 Å². The van der Waals surface area contributed by atoms with Crippen molar-refractivity contribution in [2.75, 3.05) is 5.32 Å². The van der Waals surface area contributed by atoms with Gasteiger partial charge in [-0.15, -0.1) is 10.2 Å². The highest BCUT2D eigenvalue weighted by molar-refractivity contribution is 7.99. The lowest BCUT2D eigenvalue weighted by Crippen LogP contribution is -2.21. The molecule has 0 bridgehead atoms. The summed E-state index contributed by atoms with van der Waals surface area (Å²) >= 11 is 1.54. The highest BCUT2D eigenvalue weighted by Gasteiger charge is 2.14. The molecule has 21 heavy (non-hydrogen) atoms. The van der Waals surface area contributed by atoms with Crippen LogP contribution in [0.2, 0.25) is 0 Å². The highest BCUT2D eigenvalue weighted by Crippen LogP contribution is 2.26. The van der Waals surface area contributed by atoms with Crippen molar-refractivity contribution in [3.63, 3.8) is 0 Å². The minimum absolute atomic E-state index is 0.0812. The predicted molar refractivity (Wildman–Crippen MR) is 84.3 cm³/mol. The summed E-state index contributed by atoms with van der Waals surface area (Å²) < 4.78 is 1.87. The van der Waals surface area contributed by atoms with Gasteiger partial charge >= 0.3 is 0 Å². The molecule has 1 heterocycles. The van der Waals surface area contributed by atoms with Gasteiger partial charge in [0.15, 0.2) is 5.16 Å². The Labute approximate surface area is 129 Å². The van der Waals surface area contributed by atoms with Crippen LogP contribution in [-0.2, 0) is 11.8 Å². The molecule has 0 spiro atoms. The number of benzene rings is 1. The third-order valence-corrected chi connectivity index (χ3v) is 4.42. The molecule has 0 saturated carbocycles. The topological polar surface area (TPSA) is 59.8 Å². The lowest BCUT2D eigenvalue weighted by molar-refractivity contribution is -0.120. The average Bonchev–Trinajstić information content (AvgIpc) is 2.88. The van der Waals surface area contributed by atoms with E-state index in [1.807, 2.05) is 49.7 Å². The fourth-order valence-electron chi connectivity index (χ4n) is 1.98. The van der Waals surface area contributed by atoms with E-state index in [-0.39, 0.29) is 11.8 Å². The maximum atomic E-state index is 12.0. The predicted octanol–water partition coefficient (Wildman–Crippen LogP) is 3.34. The van der Waals surface area contributed by atoms with E-state index in [2.05, 4.69) is 15.5 Å². The first-order valence-electron chi connectivity index (χ1n) is 7.06. The lowest BCUT2D eigenvalue weighted by atomic mass is 10.0. The van der Waals surface area contributed by atoms with Crippen LogP contribution in [0.4, 0.5) is 5.69 Å². The van der Waals surface area contributed by atoms with E-state index in [0.29, 0.717) is 0 Å². The monoisotopic (exact) mass is 304 g/mol. The fraction of sp³-hybridized carbons (Fsp3) is 0.400.